The first-order valence-electron chi connectivity index (χ1n) is 6.06. The van der Waals surface area contributed by atoms with E-state index in [0.29, 0.717) is 10.8 Å². The van der Waals surface area contributed by atoms with Crippen LogP contribution in [0.1, 0.15) is 5.69 Å². The van der Waals surface area contributed by atoms with Crippen LogP contribution >= 0.6 is 11.3 Å². The summed E-state index contributed by atoms with van der Waals surface area (Å²) >= 11 is 1.33. The molecule has 0 saturated carbocycles. The number of amides is 1. The quantitative estimate of drug-likeness (QED) is 0.774. The van der Waals surface area contributed by atoms with E-state index in [0.717, 1.165) is 16.6 Å². The first-order chi connectivity index (χ1) is 9.72. The Balaban J connectivity index is 1.81. The van der Waals surface area contributed by atoms with Crippen molar-refractivity contribution in [3.05, 3.63) is 47.6 Å². The number of hydrogen-bond donors (Lipinski definition) is 2. The van der Waals surface area contributed by atoms with Gasteiger partial charge in [0.15, 0.2) is 5.13 Å². The fraction of sp³-hybridized carbons (Fsp3) is 0.0714. The van der Waals surface area contributed by atoms with Crippen molar-refractivity contribution >= 4 is 39.0 Å². The Morgan fingerprint density at radius 2 is 2.20 bits per heavy atom. The molecule has 0 saturated heterocycles. The molecule has 20 heavy (non-hydrogen) atoms. The number of carbonyl (C=O) groups is 1. The zero-order chi connectivity index (χ0) is 13.9. The van der Waals surface area contributed by atoms with Gasteiger partial charge in [-0.2, -0.15) is 0 Å². The Hall–Kier alpha value is -2.47. The molecular formula is C14H12N4OS. The van der Waals surface area contributed by atoms with E-state index in [4.69, 9.17) is 5.73 Å². The Morgan fingerprint density at radius 1 is 1.30 bits per heavy atom. The van der Waals surface area contributed by atoms with Crippen LogP contribution < -0.4 is 11.1 Å². The molecule has 3 N–H and O–H groups in total. The third-order valence-electron chi connectivity index (χ3n) is 2.83. The van der Waals surface area contributed by atoms with Crippen molar-refractivity contribution in [1.29, 1.82) is 0 Å². The Kier molecular flexibility index (Phi) is 3.30. The van der Waals surface area contributed by atoms with Gasteiger partial charge >= 0.3 is 0 Å². The molecule has 0 aliphatic rings. The van der Waals surface area contributed by atoms with E-state index in [-0.39, 0.29) is 12.3 Å². The van der Waals surface area contributed by atoms with Crippen LogP contribution in [0.2, 0.25) is 0 Å². The highest BCUT2D eigenvalue weighted by molar-refractivity contribution is 7.13. The number of carbonyl (C=O) groups excluding carboxylic acids is 1. The highest BCUT2D eigenvalue weighted by Crippen LogP contribution is 2.21. The number of aromatic nitrogens is 2. The van der Waals surface area contributed by atoms with Crippen LogP contribution in [0, 0.1) is 0 Å². The molecule has 0 radical (unpaired) electrons. The molecule has 0 bridgehead atoms. The van der Waals surface area contributed by atoms with Crippen molar-refractivity contribution in [2.75, 3.05) is 11.1 Å². The van der Waals surface area contributed by atoms with Gasteiger partial charge in [-0.05, 0) is 24.3 Å². The molecule has 100 valence electrons. The van der Waals surface area contributed by atoms with Crippen LogP contribution in [0.3, 0.4) is 0 Å². The van der Waals surface area contributed by atoms with Crippen LogP contribution in [-0.4, -0.2) is 15.9 Å². The Bertz CT molecular complexity index is 763. The minimum absolute atomic E-state index is 0.119. The van der Waals surface area contributed by atoms with Gasteiger partial charge in [-0.3, -0.25) is 9.78 Å². The first-order valence-corrected chi connectivity index (χ1v) is 6.94. The van der Waals surface area contributed by atoms with Crippen LogP contribution in [-0.2, 0) is 11.2 Å². The lowest BCUT2D eigenvalue weighted by Gasteiger charge is -2.07. The second-order valence-corrected chi connectivity index (χ2v) is 5.17. The van der Waals surface area contributed by atoms with Crippen LogP contribution in [0.15, 0.2) is 41.9 Å². The van der Waals surface area contributed by atoms with Gasteiger partial charge in [0.25, 0.3) is 0 Å². The Labute approximate surface area is 119 Å². The summed E-state index contributed by atoms with van der Waals surface area (Å²) in [7, 11) is 0. The molecular weight excluding hydrogens is 272 g/mol. The third kappa shape index (κ3) is 2.60. The number of hydrogen-bond acceptors (Lipinski definition) is 5. The summed E-state index contributed by atoms with van der Waals surface area (Å²) in [6, 6.07) is 9.41. The number of fused-ring (bicyclic) bond motifs is 1. The number of nitrogens with two attached hydrogens (primary N) is 1. The van der Waals surface area contributed by atoms with Crippen LogP contribution in [0.25, 0.3) is 10.9 Å². The lowest BCUT2D eigenvalue weighted by Crippen LogP contribution is -2.14. The van der Waals surface area contributed by atoms with Crippen molar-refractivity contribution < 1.29 is 4.79 Å². The lowest BCUT2D eigenvalue weighted by molar-refractivity contribution is -0.115. The molecule has 3 aromatic rings. The van der Waals surface area contributed by atoms with Gasteiger partial charge < -0.3 is 11.1 Å². The fourth-order valence-corrected chi connectivity index (χ4v) is 2.54. The van der Waals surface area contributed by atoms with Gasteiger partial charge in [-0.15, -0.1) is 11.3 Å². The standard InChI is InChI=1S/C14H12N4OS/c15-14-17-9(8-20-14)7-13(19)18-12-5-1-4-11-10(12)3-2-6-16-11/h1-6,8H,7H2,(H2,15,17)(H,18,19). The maximum Gasteiger partial charge on any atom is 0.230 e. The number of benzene rings is 1. The highest BCUT2D eigenvalue weighted by atomic mass is 32.1. The van der Waals surface area contributed by atoms with Crippen molar-refractivity contribution in [2.24, 2.45) is 0 Å². The number of thiazole rings is 1. The molecule has 0 fully saturated rings. The van der Waals surface area contributed by atoms with E-state index in [1.165, 1.54) is 11.3 Å². The van der Waals surface area contributed by atoms with Gasteiger partial charge in [-0.1, -0.05) is 6.07 Å². The topological polar surface area (TPSA) is 80.9 Å². The van der Waals surface area contributed by atoms with E-state index in [9.17, 15) is 4.79 Å². The molecule has 6 heteroatoms. The SMILES string of the molecule is Nc1nc(CC(=O)Nc2cccc3ncccc23)cs1. The van der Waals surface area contributed by atoms with Crippen LogP contribution in [0.4, 0.5) is 10.8 Å². The zero-order valence-corrected chi connectivity index (χ0v) is 11.4. The van der Waals surface area contributed by atoms with E-state index in [1.807, 2.05) is 30.3 Å². The molecule has 0 atom stereocenters. The largest absolute Gasteiger partial charge is 0.375 e. The summed E-state index contributed by atoms with van der Waals surface area (Å²) in [6.07, 6.45) is 1.94. The normalized spacial score (nSPS) is 10.6. The molecule has 2 heterocycles. The monoisotopic (exact) mass is 284 g/mol. The second-order valence-electron chi connectivity index (χ2n) is 4.28. The fourth-order valence-electron chi connectivity index (χ4n) is 1.98. The van der Waals surface area contributed by atoms with Crippen molar-refractivity contribution in [3.63, 3.8) is 0 Å². The summed E-state index contributed by atoms with van der Waals surface area (Å²) in [6.45, 7) is 0. The summed E-state index contributed by atoms with van der Waals surface area (Å²) in [4.78, 5) is 20.4. The van der Waals surface area contributed by atoms with E-state index in [1.54, 1.807) is 11.6 Å². The smallest absolute Gasteiger partial charge is 0.230 e. The van der Waals surface area contributed by atoms with Crippen LogP contribution in [0.5, 0.6) is 0 Å². The van der Waals surface area contributed by atoms with E-state index >= 15 is 0 Å². The molecule has 2 aromatic heterocycles. The lowest BCUT2D eigenvalue weighted by atomic mass is 10.2. The first kappa shape index (κ1) is 12.6. The number of anilines is 2. The van der Waals surface area contributed by atoms with Gasteiger partial charge in [-0.25, -0.2) is 4.98 Å². The van der Waals surface area contributed by atoms with Gasteiger partial charge in [0, 0.05) is 17.0 Å². The molecule has 0 unspecified atom stereocenters. The maximum absolute atomic E-state index is 12.0. The number of pyridine rings is 1. The molecule has 3 rings (SSSR count). The zero-order valence-electron chi connectivity index (χ0n) is 10.5. The van der Waals surface area contributed by atoms with Crippen molar-refractivity contribution in [2.45, 2.75) is 6.42 Å². The molecule has 0 aliphatic carbocycles. The average molecular weight is 284 g/mol. The summed E-state index contributed by atoms with van der Waals surface area (Å²) in [5, 5.41) is 6.07. The predicted octanol–water partition coefficient (Wildman–Crippen LogP) is 2.45. The molecule has 5 nitrogen and oxygen atoms in total. The summed E-state index contributed by atoms with van der Waals surface area (Å²) < 4.78 is 0. The molecule has 1 amide bonds. The number of nitrogens with zero attached hydrogens (tertiary/aromatic N) is 2. The van der Waals surface area contributed by atoms with Gasteiger partial charge in [0.2, 0.25) is 5.91 Å². The molecule has 1 aromatic carbocycles. The minimum atomic E-state index is -0.119. The molecule has 0 spiro atoms. The van der Waals surface area contributed by atoms with Crippen molar-refractivity contribution in [3.8, 4) is 0 Å². The minimum Gasteiger partial charge on any atom is -0.375 e. The van der Waals surface area contributed by atoms with E-state index < -0.39 is 0 Å². The Morgan fingerprint density at radius 3 is 3.00 bits per heavy atom. The third-order valence-corrected chi connectivity index (χ3v) is 3.55. The number of nitrogens with one attached hydrogen (secondary N) is 1. The summed E-state index contributed by atoms with van der Waals surface area (Å²) in [5.74, 6) is -0.119. The molecule has 0 aliphatic heterocycles. The predicted molar refractivity (Wildman–Crippen MR) is 80.6 cm³/mol. The average Bonchev–Trinajstić information content (AvgIpc) is 2.84. The number of nitrogen functional groups attached to an aromatic ring is 1. The summed E-state index contributed by atoms with van der Waals surface area (Å²) in [5.41, 5.74) is 7.84. The van der Waals surface area contributed by atoms with Gasteiger partial charge in [0.05, 0.1) is 23.3 Å². The maximum atomic E-state index is 12.0. The van der Waals surface area contributed by atoms with E-state index in [2.05, 4.69) is 15.3 Å². The van der Waals surface area contributed by atoms with Gasteiger partial charge in [0.1, 0.15) is 0 Å². The van der Waals surface area contributed by atoms with Crippen molar-refractivity contribution in [1.82, 2.24) is 9.97 Å². The number of rotatable bonds is 3. The second kappa shape index (κ2) is 5.26. The highest BCUT2D eigenvalue weighted by Gasteiger charge is 2.09.